The van der Waals surface area contributed by atoms with E-state index >= 15 is 0 Å². The van der Waals surface area contributed by atoms with Gasteiger partial charge in [0, 0.05) is 0 Å². The number of rotatable bonds is 2. The van der Waals surface area contributed by atoms with Crippen molar-refractivity contribution in [3.8, 4) is 0 Å². The molecule has 2 saturated carbocycles. The molecule has 0 spiro atoms. The molecule has 5 heteroatoms. The summed E-state index contributed by atoms with van der Waals surface area (Å²) < 4.78 is 5.15. The Balaban J connectivity index is 2.05. The summed E-state index contributed by atoms with van der Waals surface area (Å²) in [7, 11) is 0. The highest BCUT2D eigenvalue weighted by atomic mass is 16.6. The number of aliphatic carboxylic acids is 1. The maximum atomic E-state index is 11.8. The van der Waals surface area contributed by atoms with Crippen LogP contribution in [0, 0.1) is 11.8 Å². The van der Waals surface area contributed by atoms with E-state index in [0.717, 1.165) is 19.3 Å². The van der Waals surface area contributed by atoms with E-state index in [0.29, 0.717) is 12.3 Å². The number of carboxylic acids is 1. The second-order valence-electron chi connectivity index (χ2n) is 6.40. The molecule has 0 aliphatic heterocycles. The monoisotopic (exact) mass is 255 g/mol. The molecule has 5 nitrogen and oxygen atoms in total. The molecule has 2 aliphatic carbocycles. The largest absolute Gasteiger partial charge is 0.479 e. The minimum Gasteiger partial charge on any atom is -0.479 e. The number of carbonyl (C=O) groups excluding carboxylic acids is 1. The van der Waals surface area contributed by atoms with E-state index < -0.39 is 23.2 Å². The lowest BCUT2D eigenvalue weighted by molar-refractivity contribution is -0.156. The highest BCUT2D eigenvalue weighted by Gasteiger charge is 2.61. The van der Waals surface area contributed by atoms with Crippen LogP contribution in [0.1, 0.15) is 46.5 Å². The quantitative estimate of drug-likeness (QED) is 0.792. The van der Waals surface area contributed by atoms with Gasteiger partial charge in [-0.05, 0) is 51.9 Å². The molecule has 2 N–H and O–H groups in total. The van der Waals surface area contributed by atoms with Crippen molar-refractivity contribution in [2.24, 2.45) is 11.8 Å². The summed E-state index contributed by atoms with van der Waals surface area (Å²) in [6.07, 6.45) is 2.92. The highest BCUT2D eigenvalue weighted by Crippen LogP contribution is 2.53. The standard InChI is InChI=1S/C13H21NO4/c1-12(2,3)18-11(17)14-13(10(15)16)7-8-5-4-6-9(8)13/h8-9H,4-7H2,1-3H3,(H,14,17)(H,15,16). The molecule has 3 unspecified atom stereocenters. The Morgan fingerprint density at radius 1 is 1.33 bits per heavy atom. The maximum absolute atomic E-state index is 11.8. The van der Waals surface area contributed by atoms with Crippen LogP contribution >= 0.6 is 0 Å². The molecule has 0 heterocycles. The van der Waals surface area contributed by atoms with E-state index in [1.165, 1.54) is 0 Å². The average Bonchev–Trinajstić information content (AvgIpc) is 2.53. The molecule has 2 aliphatic rings. The van der Waals surface area contributed by atoms with Crippen molar-refractivity contribution < 1.29 is 19.4 Å². The van der Waals surface area contributed by atoms with Gasteiger partial charge in [-0.2, -0.15) is 0 Å². The van der Waals surface area contributed by atoms with Crippen molar-refractivity contribution in [3.05, 3.63) is 0 Å². The number of hydrogen-bond acceptors (Lipinski definition) is 3. The van der Waals surface area contributed by atoms with Crippen molar-refractivity contribution >= 4 is 12.1 Å². The van der Waals surface area contributed by atoms with Gasteiger partial charge < -0.3 is 15.2 Å². The van der Waals surface area contributed by atoms with E-state index in [9.17, 15) is 14.7 Å². The van der Waals surface area contributed by atoms with Crippen LogP contribution in [0.3, 0.4) is 0 Å². The fraction of sp³-hybridized carbons (Fsp3) is 0.846. The molecule has 0 aromatic rings. The van der Waals surface area contributed by atoms with Crippen LogP contribution in [0.15, 0.2) is 0 Å². The molecule has 0 aromatic carbocycles. The van der Waals surface area contributed by atoms with Crippen LogP contribution in [0.4, 0.5) is 4.79 Å². The van der Waals surface area contributed by atoms with E-state index in [2.05, 4.69) is 5.32 Å². The van der Waals surface area contributed by atoms with Crippen LogP contribution in [0.5, 0.6) is 0 Å². The van der Waals surface area contributed by atoms with Crippen LogP contribution in [-0.4, -0.2) is 28.3 Å². The van der Waals surface area contributed by atoms with Gasteiger partial charge in [-0.1, -0.05) is 6.42 Å². The number of hydrogen-bond donors (Lipinski definition) is 2. The number of alkyl carbamates (subject to hydrolysis) is 1. The van der Waals surface area contributed by atoms with Gasteiger partial charge in [0.25, 0.3) is 0 Å². The van der Waals surface area contributed by atoms with Crippen molar-refractivity contribution in [2.75, 3.05) is 0 Å². The summed E-state index contributed by atoms with van der Waals surface area (Å²) in [5.74, 6) is -0.407. The van der Waals surface area contributed by atoms with Crippen molar-refractivity contribution in [2.45, 2.75) is 57.6 Å². The van der Waals surface area contributed by atoms with E-state index in [-0.39, 0.29) is 5.92 Å². The molecule has 2 fully saturated rings. The minimum atomic E-state index is -1.09. The van der Waals surface area contributed by atoms with Gasteiger partial charge in [-0.25, -0.2) is 9.59 Å². The molecule has 2 rings (SSSR count). The second kappa shape index (κ2) is 4.14. The fourth-order valence-electron chi connectivity index (χ4n) is 3.26. The summed E-state index contributed by atoms with van der Waals surface area (Å²) in [5, 5.41) is 12.0. The SMILES string of the molecule is CC(C)(C)OC(=O)NC1(C(=O)O)CC2CCCC21. The fourth-order valence-corrected chi connectivity index (χ4v) is 3.26. The molecule has 3 atom stereocenters. The first-order chi connectivity index (χ1) is 8.24. The predicted molar refractivity (Wildman–Crippen MR) is 65.2 cm³/mol. The van der Waals surface area contributed by atoms with Crippen LogP contribution in [-0.2, 0) is 9.53 Å². The Hall–Kier alpha value is -1.26. The van der Waals surface area contributed by atoms with Gasteiger partial charge in [-0.3, -0.25) is 0 Å². The lowest BCUT2D eigenvalue weighted by Gasteiger charge is -2.49. The smallest absolute Gasteiger partial charge is 0.408 e. The molecule has 1 amide bonds. The Morgan fingerprint density at radius 3 is 2.50 bits per heavy atom. The molecule has 18 heavy (non-hydrogen) atoms. The van der Waals surface area contributed by atoms with E-state index in [1.54, 1.807) is 20.8 Å². The Labute approximate surface area is 107 Å². The topological polar surface area (TPSA) is 75.6 Å². The second-order valence-corrected chi connectivity index (χ2v) is 6.40. The molecule has 0 saturated heterocycles. The van der Waals surface area contributed by atoms with Gasteiger partial charge >= 0.3 is 12.1 Å². The number of nitrogens with one attached hydrogen (secondary N) is 1. The summed E-state index contributed by atoms with van der Waals surface area (Å²) in [6, 6.07) is 0. The van der Waals surface area contributed by atoms with Crippen molar-refractivity contribution in [3.63, 3.8) is 0 Å². The van der Waals surface area contributed by atoms with Gasteiger partial charge in [0.05, 0.1) is 0 Å². The zero-order valence-electron chi connectivity index (χ0n) is 11.2. The zero-order chi connectivity index (χ0) is 13.6. The highest BCUT2D eigenvalue weighted by molar-refractivity contribution is 5.86. The zero-order valence-corrected chi connectivity index (χ0v) is 11.2. The normalized spacial score (nSPS) is 34.4. The molecule has 102 valence electrons. The Morgan fingerprint density at radius 2 is 2.00 bits per heavy atom. The van der Waals surface area contributed by atoms with E-state index in [1.807, 2.05) is 0 Å². The van der Waals surface area contributed by atoms with Crippen LogP contribution in [0.2, 0.25) is 0 Å². The van der Waals surface area contributed by atoms with Gasteiger partial charge in [0.1, 0.15) is 11.1 Å². The van der Waals surface area contributed by atoms with E-state index in [4.69, 9.17) is 4.74 Å². The summed E-state index contributed by atoms with van der Waals surface area (Å²) in [4.78, 5) is 23.2. The lowest BCUT2D eigenvalue weighted by atomic mass is 9.60. The number of amides is 1. The number of fused-ring (bicyclic) bond motifs is 1. The summed E-state index contributed by atoms with van der Waals surface area (Å²) in [6.45, 7) is 5.29. The predicted octanol–water partition coefficient (Wildman–Crippen LogP) is 2.15. The van der Waals surface area contributed by atoms with Crippen LogP contribution in [0.25, 0.3) is 0 Å². The third kappa shape index (κ3) is 2.18. The number of ether oxygens (including phenoxy) is 1. The number of carboxylic acid groups (broad SMARTS) is 1. The third-order valence-electron chi connectivity index (χ3n) is 3.98. The van der Waals surface area contributed by atoms with Crippen LogP contribution < -0.4 is 5.32 Å². The molecule has 0 bridgehead atoms. The average molecular weight is 255 g/mol. The van der Waals surface area contributed by atoms with Gasteiger partial charge in [-0.15, -0.1) is 0 Å². The van der Waals surface area contributed by atoms with Crippen molar-refractivity contribution in [1.82, 2.24) is 5.32 Å². The molecular formula is C13H21NO4. The Kier molecular flexibility index (Phi) is 3.03. The number of carbonyl (C=O) groups is 2. The first-order valence-corrected chi connectivity index (χ1v) is 6.49. The summed E-state index contributed by atoms with van der Waals surface area (Å²) in [5.41, 5.74) is -1.70. The first-order valence-electron chi connectivity index (χ1n) is 6.49. The molecule has 0 aromatic heterocycles. The van der Waals surface area contributed by atoms with Gasteiger partial charge in [0.2, 0.25) is 0 Å². The minimum absolute atomic E-state index is 0.0718. The Bertz CT molecular complexity index is 374. The molecular weight excluding hydrogens is 234 g/mol. The molecule has 0 radical (unpaired) electrons. The maximum Gasteiger partial charge on any atom is 0.408 e. The van der Waals surface area contributed by atoms with Crippen molar-refractivity contribution in [1.29, 1.82) is 0 Å². The lowest BCUT2D eigenvalue weighted by Crippen LogP contribution is -2.68. The third-order valence-corrected chi connectivity index (χ3v) is 3.98. The van der Waals surface area contributed by atoms with Gasteiger partial charge in [0.15, 0.2) is 0 Å². The summed E-state index contributed by atoms with van der Waals surface area (Å²) >= 11 is 0. The first kappa shape index (κ1) is 13.2.